The number of hydrogen-bond donors (Lipinski definition) is 5. The van der Waals surface area contributed by atoms with E-state index >= 15 is 0 Å². The zero-order valence-electron chi connectivity index (χ0n) is 20.1. The average molecular weight is 736 g/mol. The Balaban J connectivity index is 0. The van der Waals surface area contributed by atoms with Crippen LogP contribution in [0, 0.1) is 6.92 Å². The molecule has 12 nitrogen and oxygen atoms in total. The number of esters is 1. The monoisotopic (exact) mass is 735 g/mol. The van der Waals surface area contributed by atoms with E-state index < -0.39 is 41.7 Å². The molecule has 5 N–H and O–H groups in total. The first-order valence-electron chi connectivity index (χ1n) is 10.3. The Hall–Kier alpha value is -4.96. The number of carbonyl (C=O) groups is 5. The SMILES string of the molecule is CC(C)(C)OC(=O)CNC(=O)CNC(=O)CNC(=O)CNC(=O)CN[C-]=O.Cc1ccccc1.[Fm]. The van der Waals surface area contributed by atoms with Crippen LogP contribution >= 0.6 is 0 Å². The molecule has 0 aliphatic heterocycles. The second kappa shape index (κ2) is 17.6. The fraction of sp³-hybridized carbons (Fsp3) is 0.455. The Morgan fingerprint density at radius 2 is 1.14 bits per heavy atom. The van der Waals surface area contributed by atoms with Crippen LogP contribution in [0.15, 0.2) is 30.3 Å². The van der Waals surface area contributed by atoms with E-state index in [0.717, 1.165) is 0 Å². The molecule has 0 heterocycles. The minimum atomic E-state index is -0.669. The van der Waals surface area contributed by atoms with Crippen molar-refractivity contribution >= 4 is 36.0 Å². The quantitative estimate of drug-likeness (QED) is 0.104. The number of amides is 5. The molecule has 0 radical (unpaired) electrons. The van der Waals surface area contributed by atoms with Gasteiger partial charge in [-0.2, -0.15) is 6.41 Å². The molecule has 0 aliphatic rings. The molecular weight excluding hydrogens is 703 g/mol. The molecule has 0 atom stereocenters. The topological polar surface area (TPSA) is 172 Å². The van der Waals surface area contributed by atoms with Gasteiger partial charge in [-0.15, -0.1) is 0 Å². The first-order chi connectivity index (χ1) is 15.9. The number of benzene rings is 1. The fourth-order valence-electron chi connectivity index (χ4n) is 1.99. The van der Waals surface area contributed by atoms with Crippen LogP contribution in [0.5, 0.6) is 0 Å². The molecule has 0 fully saturated rings. The van der Waals surface area contributed by atoms with Gasteiger partial charge >= 0.3 is 5.97 Å². The van der Waals surface area contributed by atoms with E-state index in [2.05, 4.69) is 40.3 Å². The van der Waals surface area contributed by atoms with E-state index in [1.807, 2.05) is 23.5 Å². The molecule has 0 saturated heterocycles. The molecular formula is C22H32FmN5O7-. The Bertz CT molecular complexity index is 829. The summed E-state index contributed by atoms with van der Waals surface area (Å²) in [7, 11) is 0. The van der Waals surface area contributed by atoms with Gasteiger partial charge in [0.25, 0.3) is 0 Å². The van der Waals surface area contributed by atoms with E-state index in [9.17, 15) is 28.8 Å². The number of aryl methyl sites for hydroxylation is 1. The van der Waals surface area contributed by atoms with Gasteiger partial charge in [-0.05, 0) is 27.7 Å². The van der Waals surface area contributed by atoms with Crippen LogP contribution in [0.1, 0.15) is 26.3 Å². The maximum absolute atomic E-state index is 11.5. The first kappa shape index (κ1) is 32.2. The fourth-order valence-corrected chi connectivity index (χ4v) is 1.99. The van der Waals surface area contributed by atoms with Gasteiger partial charge in [0.05, 0.1) is 26.2 Å². The van der Waals surface area contributed by atoms with Gasteiger partial charge in [-0.3, -0.25) is 24.0 Å². The van der Waals surface area contributed by atoms with Crippen LogP contribution in [0.25, 0.3) is 0 Å². The van der Waals surface area contributed by atoms with Crippen molar-refractivity contribution in [3.8, 4) is 0 Å². The van der Waals surface area contributed by atoms with Crippen molar-refractivity contribution in [3.05, 3.63) is 35.9 Å². The van der Waals surface area contributed by atoms with E-state index in [-0.39, 0.29) is 26.2 Å². The zero-order valence-corrected chi connectivity index (χ0v) is 22.5. The summed E-state index contributed by atoms with van der Waals surface area (Å²) in [6, 6.07) is 10.3. The smallest absolute Gasteiger partial charge is 0.325 e. The molecule has 0 spiro atoms. The molecule has 1 aromatic rings. The summed E-state index contributed by atoms with van der Waals surface area (Å²) in [5, 5.41) is 10.9. The van der Waals surface area contributed by atoms with E-state index in [1.165, 1.54) is 12.0 Å². The molecule has 0 aliphatic carbocycles. The second-order valence-corrected chi connectivity index (χ2v) is 7.80. The maximum Gasteiger partial charge on any atom is 0.325 e. The van der Waals surface area contributed by atoms with Gasteiger partial charge in [-0.1, -0.05) is 35.9 Å². The van der Waals surface area contributed by atoms with Crippen LogP contribution < -0.4 is 26.6 Å². The number of rotatable bonds is 11. The molecule has 200 valence electrons. The molecule has 35 heavy (non-hydrogen) atoms. The predicted molar refractivity (Wildman–Crippen MR) is 123 cm³/mol. The molecule has 0 bridgehead atoms. The molecule has 0 unspecified atom stereocenters. The van der Waals surface area contributed by atoms with Gasteiger partial charge in [-0.25, -0.2) is 0 Å². The molecule has 1 aromatic carbocycles. The summed E-state index contributed by atoms with van der Waals surface area (Å²) < 4.78 is 5.00. The summed E-state index contributed by atoms with van der Waals surface area (Å²) >= 11 is 0. The van der Waals surface area contributed by atoms with Crippen LogP contribution in [0.2, 0.25) is 0 Å². The largest absolute Gasteiger partial charge is 0.522 e. The third-order valence-electron chi connectivity index (χ3n) is 3.45. The standard InChI is InChI=1S/C15H24N5O7.C7H8.Fm/c1-15(2,3)27-14(26)8-20-13(25)7-19-12(24)6-18-11(23)5-17-10(22)4-16-9-21;1-7-5-3-2-4-6-7;/h4-8H2,1-3H3,(H,16,21)(H,17,22)(H,18,23)(H,19,24)(H,20,25);2-6H,1H3;/q-1;;. The van der Waals surface area contributed by atoms with Crippen molar-refractivity contribution < 1.29 is 33.5 Å². The van der Waals surface area contributed by atoms with Crippen molar-refractivity contribution in [2.45, 2.75) is 33.3 Å². The van der Waals surface area contributed by atoms with Crippen LogP contribution in [0.4, 0.5) is 0 Å². The summed E-state index contributed by atoms with van der Waals surface area (Å²) in [5.74, 6) is -3.09. The number of hydrogen-bond acceptors (Lipinski definition) is 7. The molecule has 13 heteroatoms. The first-order valence-corrected chi connectivity index (χ1v) is 10.3. The minimum Gasteiger partial charge on any atom is -0.522 e. The minimum absolute atomic E-state index is 0. The van der Waals surface area contributed by atoms with Gasteiger partial charge in [0.1, 0.15) is 12.1 Å². The normalized spacial score (nSPS) is 9.60. The maximum atomic E-state index is 11.5. The summed E-state index contributed by atoms with van der Waals surface area (Å²) in [6.45, 7) is 5.31. The molecule has 0 aromatic heterocycles. The Morgan fingerprint density at radius 1 is 0.743 bits per heavy atom. The second-order valence-electron chi connectivity index (χ2n) is 7.80. The van der Waals surface area contributed by atoms with Crippen molar-refractivity contribution in [1.82, 2.24) is 26.6 Å². The average Bonchev–Trinajstić information content (AvgIpc) is 2.77. The van der Waals surface area contributed by atoms with Crippen molar-refractivity contribution in [2.75, 3.05) is 32.7 Å². The van der Waals surface area contributed by atoms with E-state index in [4.69, 9.17) is 4.74 Å². The van der Waals surface area contributed by atoms with Crippen molar-refractivity contribution in [3.63, 3.8) is 0 Å². The van der Waals surface area contributed by atoms with Crippen LogP contribution in [-0.2, 0) is 33.5 Å². The Labute approximate surface area is 198 Å². The van der Waals surface area contributed by atoms with Crippen molar-refractivity contribution in [1.29, 1.82) is 0 Å². The summed E-state index contributed by atoms with van der Waals surface area (Å²) in [5.41, 5.74) is 0.652. The number of carbonyl (C=O) groups excluding carboxylic acids is 6. The summed E-state index contributed by atoms with van der Waals surface area (Å²) in [4.78, 5) is 66.9. The van der Waals surface area contributed by atoms with Gasteiger partial charge < -0.3 is 36.1 Å². The third-order valence-corrected chi connectivity index (χ3v) is 3.45. The Morgan fingerprint density at radius 3 is 1.49 bits per heavy atom. The van der Waals surface area contributed by atoms with E-state index in [1.54, 1.807) is 20.8 Å². The zero-order chi connectivity index (χ0) is 26.0. The third kappa shape index (κ3) is 20.7. The van der Waals surface area contributed by atoms with Gasteiger partial charge in [0.15, 0.2) is 0 Å². The Kier molecular flexibility index (Phi) is 16.2. The van der Waals surface area contributed by atoms with Gasteiger partial charge in [0.2, 0.25) is 23.6 Å². The molecule has 0 saturated carbocycles. The van der Waals surface area contributed by atoms with Crippen molar-refractivity contribution in [2.24, 2.45) is 0 Å². The van der Waals surface area contributed by atoms with Crippen LogP contribution in [-0.4, -0.2) is 74.3 Å². The molecule has 1 rings (SSSR count). The predicted octanol–water partition coefficient (Wildman–Crippen LogP) is -1.56. The van der Waals surface area contributed by atoms with Crippen LogP contribution in [0.3, 0.4) is 0 Å². The molecule has 5 amide bonds. The van der Waals surface area contributed by atoms with Gasteiger partial charge in [0, 0.05) is 0 Å². The summed E-state index contributed by atoms with van der Waals surface area (Å²) in [6.07, 6.45) is 1.30. The number of nitrogens with one attached hydrogen (secondary N) is 5. The van der Waals surface area contributed by atoms with E-state index in [0.29, 0.717) is 0 Å². The number of ether oxygens (including phenoxy) is 1.